The summed E-state index contributed by atoms with van der Waals surface area (Å²) < 4.78 is 0. The van der Waals surface area contributed by atoms with Crippen LogP contribution < -0.4 is 0 Å². The molecule has 1 aromatic rings. The third kappa shape index (κ3) is 3.24. The fourth-order valence-corrected chi connectivity index (χ4v) is 1.09. The highest BCUT2D eigenvalue weighted by Gasteiger charge is 2.20. The number of hydrogen-bond donors (Lipinski definition) is 0. The van der Waals surface area contributed by atoms with Crippen LogP contribution in [0.25, 0.3) is 0 Å². The zero-order valence-electron chi connectivity index (χ0n) is 8.95. The summed E-state index contributed by atoms with van der Waals surface area (Å²) in [7, 11) is 0. The molecule has 0 aliphatic rings. The van der Waals surface area contributed by atoms with E-state index in [1.807, 2.05) is 20.8 Å². The van der Waals surface area contributed by atoms with Gasteiger partial charge in [0.15, 0.2) is 0 Å². The Morgan fingerprint density at radius 2 is 1.86 bits per heavy atom. The van der Waals surface area contributed by atoms with E-state index in [0.29, 0.717) is 6.42 Å². The molecule has 3 nitrogen and oxygen atoms in total. The van der Waals surface area contributed by atoms with Crippen LogP contribution in [-0.4, -0.2) is 15.8 Å². The van der Waals surface area contributed by atoms with Crippen LogP contribution in [-0.2, 0) is 11.2 Å². The lowest BCUT2D eigenvalue weighted by Gasteiger charge is -2.15. The zero-order valence-corrected chi connectivity index (χ0v) is 8.95. The fourth-order valence-electron chi connectivity index (χ4n) is 1.09. The molecular weight excluding hydrogens is 176 g/mol. The van der Waals surface area contributed by atoms with Gasteiger partial charge in [-0.25, -0.2) is 9.97 Å². The molecule has 0 fully saturated rings. The molecule has 0 spiro atoms. The van der Waals surface area contributed by atoms with Crippen LogP contribution in [0.4, 0.5) is 0 Å². The first-order valence-electron chi connectivity index (χ1n) is 4.77. The van der Waals surface area contributed by atoms with Crippen molar-refractivity contribution in [3.05, 3.63) is 24.3 Å². The molecule has 0 aromatic carbocycles. The number of carbonyl (C=O) groups is 1. The summed E-state index contributed by atoms with van der Waals surface area (Å²) in [6.45, 7) is 5.82. The summed E-state index contributed by atoms with van der Waals surface area (Å²) in [6, 6.07) is 0. The summed E-state index contributed by atoms with van der Waals surface area (Å²) >= 11 is 0. The molecule has 0 radical (unpaired) electrons. The standard InChI is InChI=1S/C11H16N2O/c1-11(2,3)10(14)5-4-9-6-12-8-13-7-9/h6-8H,4-5H2,1-3H3. The van der Waals surface area contributed by atoms with Gasteiger partial charge in [0.1, 0.15) is 12.1 Å². The van der Waals surface area contributed by atoms with E-state index in [-0.39, 0.29) is 11.2 Å². The van der Waals surface area contributed by atoms with Crippen LogP contribution in [0.1, 0.15) is 32.8 Å². The van der Waals surface area contributed by atoms with Gasteiger partial charge in [-0.3, -0.25) is 4.79 Å². The number of aryl methyl sites for hydroxylation is 1. The van der Waals surface area contributed by atoms with E-state index in [1.165, 1.54) is 6.33 Å². The van der Waals surface area contributed by atoms with E-state index in [9.17, 15) is 4.79 Å². The van der Waals surface area contributed by atoms with Gasteiger partial charge in [0.25, 0.3) is 0 Å². The fraction of sp³-hybridized carbons (Fsp3) is 0.545. The Morgan fingerprint density at radius 1 is 1.29 bits per heavy atom. The van der Waals surface area contributed by atoms with Crippen LogP contribution >= 0.6 is 0 Å². The number of rotatable bonds is 3. The molecule has 0 bridgehead atoms. The molecule has 0 N–H and O–H groups in total. The van der Waals surface area contributed by atoms with Crippen molar-refractivity contribution in [2.75, 3.05) is 0 Å². The number of carbonyl (C=O) groups excluding carboxylic acids is 1. The molecule has 1 aromatic heterocycles. The zero-order chi connectivity index (χ0) is 10.6. The molecule has 0 aliphatic heterocycles. The van der Waals surface area contributed by atoms with Gasteiger partial charge in [0.05, 0.1) is 0 Å². The summed E-state index contributed by atoms with van der Waals surface area (Å²) in [5.41, 5.74) is 0.778. The van der Waals surface area contributed by atoms with Crippen LogP contribution in [0.3, 0.4) is 0 Å². The normalized spacial score (nSPS) is 11.4. The molecule has 0 amide bonds. The smallest absolute Gasteiger partial charge is 0.138 e. The van der Waals surface area contributed by atoms with E-state index >= 15 is 0 Å². The van der Waals surface area contributed by atoms with Crippen molar-refractivity contribution >= 4 is 5.78 Å². The Hall–Kier alpha value is -1.25. The number of Topliss-reactive ketones (excluding diaryl/α,β-unsaturated/α-hetero) is 1. The van der Waals surface area contributed by atoms with Gasteiger partial charge in [0.2, 0.25) is 0 Å². The average Bonchev–Trinajstić information content (AvgIpc) is 2.14. The van der Waals surface area contributed by atoms with E-state index in [4.69, 9.17) is 0 Å². The predicted octanol–water partition coefficient (Wildman–Crippen LogP) is 2.02. The Kier molecular flexibility index (Phi) is 3.33. The van der Waals surface area contributed by atoms with Gasteiger partial charge in [0, 0.05) is 24.2 Å². The topological polar surface area (TPSA) is 42.9 Å². The molecule has 0 saturated carbocycles. The third-order valence-electron chi connectivity index (χ3n) is 2.09. The average molecular weight is 192 g/mol. The SMILES string of the molecule is CC(C)(C)C(=O)CCc1cncnc1. The first-order chi connectivity index (χ1) is 6.50. The van der Waals surface area contributed by atoms with Gasteiger partial charge in [-0.15, -0.1) is 0 Å². The van der Waals surface area contributed by atoms with Crippen LogP contribution in [0.2, 0.25) is 0 Å². The van der Waals surface area contributed by atoms with Crippen LogP contribution in [0.15, 0.2) is 18.7 Å². The van der Waals surface area contributed by atoms with Crippen molar-refractivity contribution < 1.29 is 4.79 Å². The number of ketones is 1. The first-order valence-corrected chi connectivity index (χ1v) is 4.77. The lowest BCUT2D eigenvalue weighted by molar-refractivity contribution is -0.126. The third-order valence-corrected chi connectivity index (χ3v) is 2.09. The van der Waals surface area contributed by atoms with Crippen molar-refractivity contribution in [2.24, 2.45) is 5.41 Å². The largest absolute Gasteiger partial charge is 0.299 e. The highest BCUT2D eigenvalue weighted by molar-refractivity contribution is 5.83. The molecule has 1 heterocycles. The Labute approximate surface area is 84.6 Å². The van der Waals surface area contributed by atoms with Crippen molar-refractivity contribution in [3.63, 3.8) is 0 Å². The molecule has 14 heavy (non-hydrogen) atoms. The van der Waals surface area contributed by atoms with E-state index in [1.54, 1.807) is 12.4 Å². The van der Waals surface area contributed by atoms with Crippen LogP contribution in [0.5, 0.6) is 0 Å². The van der Waals surface area contributed by atoms with Gasteiger partial charge < -0.3 is 0 Å². The lowest BCUT2D eigenvalue weighted by atomic mass is 9.88. The summed E-state index contributed by atoms with van der Waals surface area (Å²) in [6.07, 6.45) is 6.30. The maximum atomic E-state index is 11.6. The van der Waals surface area contributed by atoms with Crippen molar-refractivity contribution in [2.45, 2.75) is 33.6 Å². The minimum atomic E-state index is -0.240. The van der Waals surface area contributed by atoms with E-state index in [0.717, 1.165) is 12.0 Å². The Balaban J connectivity index is 2.46. The van der Waals surface area contributed by atoms with Crippen molar-refractivity contribution in [3.8, 4) is 0 Å². The minimum absolute atomic E-state index is 0.240. The van der Waals surface area contributed by atoms with Gasteiger partial charge in [-0.1, -0.05) is 20.8 Å². The molecular formula is C11H16N2O. The highest BCUT2D eigenvalue weighted by Crippen LogP contribution is 2.17. The second kappa shape index (κ2) is 4.31. The number of aromatic nitrogens is 2. The molecule has 0 saturated heterocycles. The van der Waals surface area contributed by atoms with Gasteiger partial charge in [-0.05, 0) is 12.0 Å². The molecule has 3 heteroatoms. The summed E-state index contributed by atoms with van der Waals surface area (Å²) in [5.74, 6) is 0.279. The number of hydrogen-bond acceptors (Lipinski definition) is 3. The summed E-state index contributed by atoms with van der Waals surface area (Å²) in [5, 5.41) is 0. The van der Waals surface area contributed by atoms with Gasteiger partial charge in [-0.2, -0.15) is 0 Å². The molecule has 0 atom stereocenters. The lowest BCUT2D eigenvalue weighted by Crippen LogP contribution is -2.20. The highest BCUT2D eigenvalue weighted by atomic mass is 16.1. The molecule has 0 unspecified atom stereocenters. The molecule has 0 aliphatic carbocycles. The molecule has 1 rings (SSSR count). The maximum absolute atomic E-state index is 11.6. The Bertz CT molecular complexity index is 301. The minimum Gasteiger partial charge on any atom is -0.299 e. The van der Waals surface area contributed by atoms with Crippen molar-refractivity contribution in [1.82, 2.24) is 9.97 Å². The maximum Gasteiger partial charge on any atom is 0.138 e. The number of nitrogens with zero attached hydrogens (tertiary/aromatic N) is 2. The quantitative estimate of drug-likeness (QED) is 0.735. The molecule has 76 valence electrons. The monoisotopic (exact) mass is 192 g/mol. The Morgan fingerprint density at radius 3 is 2.36 bits per heavy atom. The van der Waals surface area contributed by atoms with Gasteiger partial charge >= 0.3 is 0 Å². The predicted molar refractivity (Wildman–Crippen MR) is 54.8 cm³/mol. The summed E-state index contributed by atoms with van der Waals surface area (Å²) in [4.78, 5) is 19.4. The van der Waals surface area contributed by atoms with Crippen LogP contribution in [0, 0.1) is 5.41 Å². The van der Waals surface area contributed by atoms with E-state index in [2.05, 4.69) is 9.97 Å². The van der Waals surface area contributed by atoms with Crippen molar-refractivity contribution in [1.29, 1.82) is 0 Å². The van der Waals surface area contributed by atoms with E-state index < -0.39 is 0 Å². The second-order valence-electron chi connectivity index (χ2n) is 4.42. The second-order valence-corrected chi connectivity index (χ2v) is 4.42. The first kappa shape index (κ1) is 10.8.